The van der Waals surface area contributed by atoms with E-state index in [4.69, 9.17) is 4.42 Å². The molecule has 31 heavy (non-hydrogen) atoms. The number of allylic oxidation sites excluding steroid dienone is 1. The van der Waals surface area contributed by atoms with Crippen LogP contribution in [0.1, 0.15) is 63.1 Å². The molecule has 0 radical (unpaired) electrons. The van der Waals surface area contributed by atoms with Crippen LogP contribution in [0.15, 0.2) is 28.4 Å². The molecule has 1 aromatic heterocycles. The number of ketones is 3. The minimum Gasteiger partial charge on any atom is -0.461 e. The molecule has 0 unspecified atom stereocenters. The van der Waals surface area contributed by atoms with Crippen molar-refractivity contribution < 1.29 is 29.0 Å². The van der Waals surface area contributed by atoms with Crippen LogP contribution < -0.4 is 0 Å². The lowest BCUT2D eigenvalue weighted by molar-refractivity contribution is -0.216. The summed E-state index contributed by atoms with van der Waals surface area (Å²) < 4.78 is 5.40. The van der Waals surface area contributed by atoms with E-state index in [0.717, 1.165) is 12.0 Å². The molecule has 0 bridgehead atoms. The minimum atomic E-state index is -1.60. The molecule has 6 heteroatoms. The number of aryl methyl sites for hydroxylation is 1. The molecule has 3 aliphatic carbocycles. The van der Waals surface area contributed by atoms with Crippen molar-refractivity contribution in [3.63, 3.8) is 0 Å². The highest BCUT2D eigenvalue weighted by atomic mass is 16.3. The topological polar surface area (TPSA) is 105 Å². The second-order valence-corrected chi connectivity index (χ2v) is 10.2. The average molecular weight is 429 g/mol. The number of carbonyl (C=O) groups excluding carboxylic acids is 3. The molecular weight excluding hydrogens is 396 g/mol. The molecule has 0 saturated heterocycles. The van der Waals surface area contributed by atoms with Gasteiger partial charge in [-0.3, -0.25) is 14.4 Å². The molecule has 0 aliphatic heterocycles. The number of fused-ring (bicyclic) bond motifs is 1. The third-order valence-corrected chi connectivity index (χ3v) is 8.45. The van der Waals surface area contributed by atoms with E-state index in [9.17, 15) is 24.6 Å². The van der Waals surface area contributed by atoms with Gasteiger partial charge in [-0.15, -0.1) is 0 Å². The zero-order valence-corrected chi connectivity index (χ0v) is 18.8. The normalized spacial score (nSPS) is 39.1. The highest BCUT2D eigenvalue weighted by molar-refractivity contribution is 6.07. The van der Waals surface area contributed by atoms with E-state index in [2.05, 4.69) is 0 Å². The van der Waals surface area contributed by atoms with Gasteiger partial charge in [0.1, 0.15) is 5.60 Å². The maximum absolute atomic E-state index is 13.7. The third-order valence-electron chi connectivity index (χ3n) is 8.45. The fourth-order valence-electron chi connectivity index (χ4n) is 6.74. The summed E-state index contributed by atoms with van der Waals surface area (Å²) in [4.78, 5) is 39.2. The van der Waals surface area contributed by atoms with Crippen molar-refractivity contribution in [3.05, 3.63) is 35.3 Å². The van der Waals surface area contributed by atoms with E-state index in [1.54, 1.807) is 32.9 Å². The SMILES string of the molecule is CC1=C[C@@H](O)[C@H](C[C@@H](C)[C@]2(O)C(=O)[C@@]3([C@H](C)C(=O)c4cc(C)co4)CC[C@H](C)[C@@H]23)C1=O. The molecular formula is C25H32O6. The lowest BCUT2D eigenvalue weighted by Gasteiger charge is -2.61. The van der Waals surface area contributed by atoms with Crippen molar-refractivity contribution in [1.82, 2.24) is 0 Å². The minimum absolute atomic E-state index is 0.0720. The second-order valence-electron chi connectivity index (χ2n) is 10.2. The Labute approximate surface area is 182 Å². The first kappa shape index (κ1) is 22.2. The highest BCUT2D eigenvalue weighted by Gasteiger charge is 2.77. The molecule has 1 heterocycles. The van der Waals surface area contributed by atoms with E-state index in [0.29, 0.717) is 12.0 Å². The molecule has 168 valence electrons. The van der Waals surface area contributed by atoms with E-state index in [1.165, 1.54) is 6.26 Å². The van der Waals surface area contributed by atoms with E-state index in [1.807, 2.05) is 13.8 Å². The summed E-state index contributed by atoms with van der Waals surface area (Å²) >= 11 is 0. The first-order chi connectivity index (χ1) is 14.5. The van der Waals surface area contributed by atoms with Crippen LogP contribution in [0.5, 0.6) is 0 Å². The maximum Gasteiger partial charge on any atom is 0.201 e. The van der Waals surface area contributed by atoms with Crippen LogP contribution in [0.25, 0.3) is 0 Å². The highest BCUT2D eigenvalue weighted by Crippen LogP contribution is 2.68. The van der Waals surface area contributed by atoms with Crippen LogP contribution in [0.3, 0.4) is 0 Å². The summed E-state index contributed by atoms with van der Waals surface area (Å²) in [6, 6.07) is 1.68. The number of furan rings is 1. The van der Waals surface area contributed by atoms with Crippen molar-refractivity contribution in [1.29, 1.82) is 0 Å². The zero-order valence-electron chi connectivity index (χ0n) is 18.8. The summed E-state index contributed by atoms with van der Waals surface area (Å²) in [6.45, 7) is 9.08. The van der Waals surface area contributed by atoms with Crippen molar-refractivity contribution in [2.24, 2.45) is 35.0 Å². The summed E-state index contributed by atoms with van der Waals surface area (Å²) in [5.74, 6) is -2.42. The van der Waals surface area contributed by atoms with Gasteiger partial charge in [-0.25, -0.2) is 0 Å². The Morgan fingerprint density at radius 2 is 1.97 bits per heavy atom. The molecule has 4 rings (SSSR count). The van der Waals surface area contributed by atoms with Gasteiger partial charge >= 0.3 is 0 Å². The summed E-state index contributed by atoms with van der Waals surface area (Å²) in [6.07, 6.45) is 3.72. The smallest absolute Gasteiger partial charge is 0.201 e. The van der Waals surface area contributed by atoms with Gasteiger partial charge in [-0.1, -0.05) is 20.8 Å². The van der Waals surface area contributed by atoms with Gasteiger partial charge in [0.25, 0.3) is 0 Å². The predicted octanol–water partition coefficient (Wildman–Crippen LogP) is 3.29. The fourth-order valence-corrected chi connectivity index (χ4v) is 6.74. The molecule has 6 nitrogen and oxygen atoms in total. The van der Waals surface area contributed by atoms with Crippen LogP contribution in [-0.4, -0.2) is 39.3 Å². The van der Waals surface area contributed by atoms with Crippen molar-refractivity contribution in [2.45, 2.75) is 65.6 Å². The largest absolute Gasteiger partial charge is 0.461 e. The van der Waals surface area contributed by atoms with E-state index in [-0.39, 0.29) is 41.4 Å². The molecule has 0 amide bonds. The summed E-state index contributed by atoms with van der Waals surface area (Å²) in [7, 11) is 0. The molecule has 0 spiro atoms. The number of hydrogen-bond donors (Lipinski definition) is 2. The number of aliphatic hydroxyl groups is 2. The predicted molar refractivity (Wildman–Crippen MR) is 113 cm³/mol. The number of hydrogen-bond acceptors (Lipinski definition) is 6. The first-order valence-electron chi connectivity index (χ1n) is 11.2. The molecule has 3 aliphatic rings. The van der Waals surface area contributed by atoms with Gasteiger partial charge in [-0.05, 0) is 68.2 Å². The quantitative estimate of drug-likeness (QED) is 0.674. The van der Waals surface area contributed by atoms with E-state index >= 15 is 0 Å². The Morgan fingerprint density at radius 3 is 2.52 bits per heavy atom. The van der Waals surface area contributed by atoms with Gasteiger partial charge < -0.3 is 14.6 Å². The van der Waals surface area contributed by atoms with Crippen molar-refractivity contribution >= 4 is 17.3 Å². The van der Waals surface area contributed by atoms with Crippen LogP contribution >= 0.6 is 0 Å². The maximum atomic E-state index is 13.7. The van der Waals surface area contributed by atoms with Crippen LogP contribution in [0.2, 0.25) is 0 Å². The van der Waals surface area contributed by atoms with Gasteiger partial charge in [0.2, 0.25) is 5.78 Å². The van der Waals surface area contributed by atoms with Crippen LogP contribution in [-0.2, 0) is 9.59 Å². The monoisotopic (exact) mass is 428 g/mol. The lowest BCUT2D eigenvalue weighted by Crippen LogP contribution is -2.74. The second kappa shape index (κ2) is 7.24. The van der Waals surface area contributed by atoms with Crippen molar-refractivity contribution in [3.8, 4) is 0 Å². The number of aliphatic hydroxyl groups excluding tert-OH is 1. The molecule has 1 aromatic rings. The van der Waals surface area contributed by atoms with Crippen LogP contribution in [0, 0.1) is 41.9 Å². The Bertz CT molecular complexity index is 972. The Hall–Kier alpha value is -2.05. The molecule has 0 aromatic carbocycles. The Morgan fingerprint density at radius 1 is 1.29 bits per heavy atom. The average Bonchev–Trinajstić information content (AvgIpc) is 3.37. The number of carbonyl (C=O) groups is 3. The van der Waals surface area contributed by atoms with Crippen LogP contribution in [0.4, 0.5) is 0 Å². The fraction of sp³-hybridized carbons (Fsp3) is 0.640. The van der Waals surface area contributed by atoms with Gasteiger partial charge in [0, 0.05) is 17.3 Å². The Kier molecular flexibility index (Phi) is 5.17. The number of rotatable bonds is 6. The van der Waals surface area contributed by atoms with Crippen molar-refractivity contribution in [2.75, 3.05) is 0 Å². The number of Topliss-reactive ketones (excluding diaryl/α,β-unsaturated/α-hetero) is 3. The third kappa shape index (κ3) is 2.87. The standard InChI is InChI=1S/C25H32O6/c1-12-8-19(31-11-12)21(28)16(5)24-7-6-13(2)22(24)25(30,23(24)29)15(4)10-17-18(26)9-14(3)20(17)27/h8-9,11,13,15-18,22,26,30H,6-7,10H2,1-5H3/t13-,15+,16+,17-,18+,22+,24+,25+/m0/s1. The zero-order chi connectivity index (χ0) is 22.9. The van der Waals surface area contributed by atoms with Gasteiger partial charge in [-0.2, -0.15) is 0 Å². The Balaban J connectivity index is 1.61. The summed E-state index contributed by atoms with van der Waals surface area (Å²) in [5, 5.41) is 21.9. The van der Waals surface area contributed by atoms with E-state index < -0.39 is 34.9 Å². The van der Waals surface area contributed by atoms with Gasteiger partial charge in [0.15, 0.2) is 17.3 Å². The summed E-state index contributed by atoms with van der Waals surface area (Å²) in [5.41, 5.74) is -1.14. The molecule has 8 atom stereocenters. The van der Waals surface area contributed by atoms with Gasteiger partial charge in [0.05, 0.1) is 18.3 Å². The molecule has 2 N–H and O–H groups in total. The lowest BCUT2D eigenvalue weighted by atomic mass is 9.42. The first-order valence-corrected chi connectivity index (χ1v) is 11.2. The molecule has 2 fully saturated rings. The molecule has 2 saturated carbocycles.